The van der Waals surface area contributed by atoms with Crippen molar-refractivity contribution in [2.45, 2.75) is 12.4 Å². The molecule has 0 radical (unpaired) electrons. The molecule has 0 saturated carbocycles. The highest BCUT2D eigenvalue weighted by atomic mass is 32.2. The van der Waals surface area contributed by atoms with Crippen LogP contribution in [0.2, 0.25) is 0 Å². The molecule has 1 aromatic rings. The number of pyridine rings is 1. The second-order valence-corrected chi connectivity index (χ2v) is 4.31. The number of hydrogen-bond acceptors (Lipinski definition) is 5. The Morgan fingerprint density at radius 2 is 1.88 bits per heavy atom. The van der Waals surface area contributed by atoms with Crippen LogP contribution >= 0.6 is 0 Å². The Balaban J connectivity index is 2.93. The summed E-state index contributed by atoms with van der Waals surface area (Å²) in [6.45, 7) is 1.91. The van der Waals surface area contributed by atoms with Crippen LogP contribution in [0.25, 0.3) is 0 Å². The van der Waals surface area contributed by atoms with Crippen molar-refractivity contribution in [1.82, 2.24) is 4.98 Å². The van der Waals surface area contributed by atoms with E-state index in [4.69, 9.17) is 4.74 Å². The van der Waals surface area contributed by atoms with Crippen LogP contribution < -0.4 is 8.92 Å². The lowest BCUT2D eigenvalue weighted by Gasteiger charge is -2.09. The molecule has 0 bridgehead atoms. The minimum atomic E-state index is -5.68. The molecule has 0 aliphatic rings. The summed E-state index contributed by atoms with van der Waals surface area (Å²) >= 11 is 0. The van der Waals surface area contributed by atoms with Crippen molar-refractivity contribution >= 4 is 10.1 Å². The highest BCUT2D eigenvalue weighted by Crippen LogP contribution is 2.27. The van der Waals surface area contributed by atoms with Crippen molar-refractivity contribution < 1.29 is 30.5 Å². The Labute approximate surface area is 95.3 Å². The predicted octanol–water partition coefficient (Wildman–Crippen LogP) is 1.71. The highest BCUT2D eigenvalue weighted by Gasteiger charge is 2.48. The normalized spacial score (nSPS) is 12.2. The van der Waals surface area contributed by atoms with Crippen LogP contribution in [0.15, 0.2) is 18.5 Å². The third-order valence-corrected chi connectivity index (χ3v) is 2.47. The molecule has 0 atom stereocenters. The number of alkyl halides is 3. The average Bonchev–Trinajstić information content (AvgIpc) is 2.16. The first-order valence-corrected chi connectivity index (χ1v) is 5.75. The summed E-state index contributed by atoms with van der Waals surface area (Å²) in [5, 5.41) is 0. The summed E-state index contributed by atoms with van der Waals surface area (Å²) in [7, 11) is -5.68. The first kappa shape index (κ1) is 13.6. The van der Waals surface area contributed by atoms with Gasteiger partial charge in [-0.2, -0.15) is 21.6 Å². The zero-order chi connectivity index (χ0) is 13.1. The topological polar surface area (TPSA) is 65.5 Å². The molecule has 96 valence electrons. The van der Waals surface area contributed by atoms with Crippen LogP contribution in [-0.4, -0.2) is 25.5 Å². The van der Waals surface area contributed by atoms with E-state index < -0.39 is 21.4 Å². The number of aromatic nitrogens is 1. The van der Waals surface area contributed by atoms with Gasteiger partial charge in [-0.05, 0) is 6.92 Å². The minimum absolute atomic E-state index is 0.113. The van der Waals surface area contributed by atoms with Crippen LogP contribution in [0.5, 0.6) is 11.5 Å². The van der Waals surface area contributed by atoms with Gasteiger partial charge in [0.05, 0.1) is 19.0 Å². The monoisotopic (exact) mass is 271 g/mol. The van der Waals surface area contributed by atoms with E-state index >= 15 is 0 Å². The van der Waals surface area contributed by atoms with Gasteiger partial charge in [-0.3, -0.25) is 4.98 Å². The average molecular weight is 271 g/mol. The van der Waals surface area contributed by atoms with Gasteiger partial charge in [0.15, 0.2) is 5.75 Å². The minimum Gasteiger partial charge on any atom is -0.492 e. The maximum absolute atomic E-state index is 12.0. The van der Waals surface area contributed by atoms with Crippen molar-refractivity contribution in [3.05, 3.63) is 18.5 Å². The molecule has 17 heavy (non-hydrogen) atoms. The Bertz CT molecular complexity index is 486. The molecule has 0 aliphatic carbocycles. The van der Waals surface area contributed by atoms with Crippen molar-refractivity contribution in [1.29, 1.82) is 0 Å². The van der Waals surface area contributed by atoms with Crippen LogP contribution in [0.1, 0.15) is 6.92 Å². The molecule has 1 rings (SSSR count). The summed E-state index contributed by atoms with van der Waals surface area (Å²) < 4.78 is 66.1. The van der Waals surface area contributed by atoms with E-state index in [1.165, 1.54) is 6.20 Å². The van der Waals surface area contributed by atoms with Crippen LogP contribution in [0, 0.1) is 0 Å². The van der Waals surface area contributed by atoms with Crippen molar-refractivity contribution in [3.63, 3.8) is 0 Å². The zero-order valence-corrected chi connectivity index (χ0v) is 9.38. The van der Waals surface area contributed by atoms with Crippen LogP contribution in [0.3, 0.4) is 0 Å². The maximum Gasteiger partial charge on any atom is 0.534 e. The summed E-state index contributed by atoms with van der Waals surface area (Å²) in [5.74, 6) is -0.448. The van der Waals surface area contributed by atoms with Gasteiger partial charge in [-0.1, -0.05) is 0 Å². The van der Waals surface area contributed by atoms with E-state index in [9.17, 15) is 21.6 Å². The van der Waals surface area contributed by atoms with Gasteiger partial charge in [-0.15, -0.1) is 0 Å². The molecule has 0 aliphatic heterocycles. The predicted molar refractivity (Wildman–Crippen MR) is 51.0 cm³/mol. The van der Waals surface area contributed by atoms with Gasteiger partial charge in [0.1, 0.15) is 5.75 Å². The lowest BCUT2D eigenvalue weighted by Crippen LogP contribution is -2.28. The Kier molecular flexibility index (Phi) is 3.81. The molecule has 1 aromatic heterocycles. The first-order valence-electron chi connectivity index (χ1n) is 4.35. The Hall–Kier alpha value is -1.51. The van der Waals surface area contributed by atoms with Crippen LogP contribution in [-0.2, 0) is 10.1 Å². The Morgan fingerprint density at radius 3 is 2.41 bits per heavy atom. The largest absolute Gasteiger partial charge is 0.534 e. The van der Waals surface area contributed by atoms with Gasteiger partial charge in [0, 0.05) is 6.07 Å². The molecule has 0 unspecified atom stereocenters. The third kappa shape index (κ3) is 3.48. The molecule has 0 N–H and O–H groups in total. The first-order chi connectivity index (χ1) is 7.76. The summed E-state index contributed by atoms with van der Waals surface area (Å²) in [5.41, 5.74) is -5.48. The van der Waals surface area contributed by atoms with Crippen molar-refractivity contribution in [2.75, 3.05) is 6.61 Å². The van der Waals surface area contributed by atoms with Gasteiger partial charge in [-0.25, -0.2) is 0 Å². The van der Waals surface area contributed by atoms with Crippen molar-refractivity contribution in [2.24, 2.45) is 0 Å². The fourth-order valence-corrected chi connectivity index (χ4v) is 1.30. The highest BCUT2D eigenvalue weighted by molar-refractivity contribution is 7.87. The number of hydrogen-bond donors (Lipinski definition) is 0. The second-order valence-electron chi connectivity index (χ2n) is 2.77. The van der Waals surface area contributed by atoms with E-state index in [0.29, 0.717) is 0 Å². The molecule has 1 heterocycles. The van der Waals surface area contributed by atoms with Gasteiger partial charge in [0.2, 0.25) is 0 Å². The van der Waals surface area contributed by atoms with Gasteiger partial charge in [0.25, 0.3) is 0 Å². The molecule has 5 nitrogen and oxygen atoms in total. The second kappa shape index (κ2) is 4.78. The molecular formula is C8H8F3NO4S. The van der Waals surface area contributed by atoms with E-state index in [-0.39, 0.29) is 12.4 Å². The maximum atomic E-state index is 12.0. The molecule has 0 saturated heterocycles. The zero-order valence-electron chi connectivity index (χ0n) is 8.56. The van der Waals surface area contributed by atoms with E-state index in [1.807, 2.05) is 0 Å². The fourth-order valence-electron chi connectivity index (χ4n) is 0.864. The standard InChI is InChI=1S/C8H8F3NO4S/c1-2-15-6-3-7(5-12-4-6)16-17(13,14)8(9,10)11/h3-5H,2H2,1H3. The lowest BCUT2D eigenvalue weighted by atomic mass is 10.4. The molecule has 0 aromatic carbocycles. The molecule has 0 spiro atoms. The van der Waals surface area contributed by atoms with E-state index in [0.717, 1.165) is 12.3 Å². The summed E-state index contributed by atoms with van der Waals surface area (Å²) in [6, 6.07) is 1.000. The molecule has 0 amide bonds. The lowest BCUT2D eigenvalue weighted by molar-refractivity contribution is -0.0500. The van der Waals surface area contributed by atoms with E-state index in [2.05, 4.69) is 9.17 Å². The van der Waals surface area contributed by atoms with Gasteiger partial charge < -0.3 is 8.92 Å². The van der Waals surface area contributed by atoms with Crippen LogP contribution in [0.4, 0.5) is 13.2 Å². The quantitative estimate of drug-likeness (QED) is 0.616. The number of ether oxygens (including phenoxy) is 1. The molecule has 9 heteroatoms. The third-order valence-electron chi connectivity index (χ3n) is 1.49. The summed E-state index contributed by atoms with van der Waals surface area (Å²) in [6.07, 6.45) is 2.06. The SMILES string of the molecule is CCOc1cncc(OS(=O)(=O)C(F)(F)F)c1. The van der Waals surface area contributed by atoms with Gasteiger partial charge >= 0.3 is 15.6 Å². The summed E-state index contributed by atoms with van der Waals surface area (Å²) in [4.78, 5) is 3.49. The number of nitrogens with zero attached hydrogens (tertiary/aromatic N) is 1. The smallest absolute Gasteiger partial charge is 0.492 e. The van der Waals surface area contributed by atoms with E-state index in [1.54, 1.807) is 6.92 Å². The van der Waals surface area contributed by atoms with Crippen molar-refractivity contribution in [3.8, 4) is 11.5 Å². The molecular weight excluding hydrogens is 263 g/mol. The number of halogens is 3. The Morgan fingerprint density at radius 1 is 1.29 bits per heavy atom. The fraction of sp³-hybridized carbons (Fsp3) is 0.375. The molecule has 0 fully saturated rings. The number of rotatable bonds is 4.